The summed E-state index contributed by atoms with van der Waals surface area (Å²) in [7, 11) is 0. The van der Waals surface area contributed by atoms with Crippen LogP contribution in [0.15, 0.2) is 158 Å². The molecule has 42 heavy (non-hydrogen) atoms. The van der Waals surface area contributed by atoms with Crippen molar-refractivity contribution in [3.05, 3.63) is 158 Å². The van der Waals surface area contributed by atoms with E-state index in [0.29, 0.717) is 0 Å². The average molecular weight is 555 g/mol. The molecule has 198 valence electrons. The molecule has 2 nitrogen and oxygen atoms in total. The highest BCUT2D eigenvalue weighted by Gasteiger charge is 2.16. The fraction of sp³-hybridized carbons (Fsp3) is 0. The summed E-state index contributed by atoms with van der Waals surface area (Å²) in [4.78, 5) is 8.41. The third-order valence-corrected chi connectivity index (χ3v) is 8.95. The molecular weight excluding hydrogens is 529 g/mol. The summed E-state index contributed by atoms with van der Waals surface area (Å²) >= 11 is 1.76. The number of thiophene rings is 1. The first-order valence-electron chi connectivity index (χ1n) is 14.1. The van der Waals surface area contributed by atoms with Crippen molar-refractivity contribution >= 4 is 59.6 Å². The molecule has 0 unspecified atom stereocenters. The van der Waals surface area contributed by atoms with Gasteiger partial charge in [0.15, 0.2) is 0 Å². The highest BCUT2D eigenvalue weighted by atomic mass is 32.1. The van der Waals surface area contributed by atoms with E-state index in [-0.39, 0.29) is 0 Å². The zero-order valence-electron chi connectivity index (χ0n) is 22.8. The number of fused-ring (bicyclic) bond motifs is 4. The Labute approximate surface area is 248 Å². The molecule has 2 heterocycles. The van der Waals surface area contributed by atoms with Crippen LogP contribution in [0.3, 0.4) is 0 Å². The van der Waals surface area contributed by atoms with Crippen LogP contribution >= 0.6 is 11.3 Å². The number of rotatable bonds is 5. The molecule has 0 atom stereocenters. The first-order valence-corrected chi connectivity index (χ1v) is 14.9. The molecule has 0 aliphatic rings. The normalized spacial score (nSPS) is 11.3. The molecule has 0 amide bonds. The van der Waals surface area contributed by atoms with Crippen molar-refractivity contribution in [2.75, 3.05) is 4.90 Å². The number of pyridine rings is 1. The highest BCUT2D eigenvalue weighted by molar-refractivity contribution is 7.25. The zero-order chi connectivity index (χ0) is 27.9. The third kappa shape index (κ3) is 4.41. The molecule has 0 radical (unpaired) electrons. The van der Waals surface area contributed by atoms with Crippen molar-refractivity contribution in [2.24, 2.45) is 0 Å². The summed E-state index contributed by atoms with van der Waals surface area (Å²) < 4.78 is 1.25. The Morgan fingerprint density at radius 1 is 0.429 bits per heavy atom. The van der Waals surface area contributed by atoms with Gasteiger partial charge in [0.1, 0.15) is 4.83 Å². The minimum absolute atomic E-state index is 1.04. The molecule has 0 N–H and O–H groups in total. The van der Waals surface area contributed by atoms with Crippen molar-refractivity contribution in [3.8, 4) is 22.3 Å². The van der Waals surface area contributed by atoms with Crippen LogP contribution in [0.2, 0.25) is 0 Å². The molecule has 0 bridgehead atoms. The number of benzene rings is 6. The molecule has 0 saturated carbocycles. The molecule has 0 aliphatic carbocycles. The number of hydrogen-bond donors (Lipinski definition) is 0. The summed E-state index contributed by atoms with van der Waals surface area (Å²) in [6.45, 7) is 0. The molecule has 2 aromatic heterocycles. The van der Waals surface area contributed by atoms with Crippen LogP contribution in [-0.4, -0.2) is 4.98 Å². The van der Waals surface area contributed by atoms with Crippen molar-refractivity contribution in [1.82, 2.24) is 4.98 Å². The topological polar surface area (TPSA) is 16.1 Å². The van der Waals surface area contributed by atoms with Crippen LogP contribution in [0.4, 0.5) is 17.1 Å². The third-order valence-electron chi connectivity index (χ3n) is 7.87. The van der Waals surface area contributed by atoms with Gasteiger partial charge in [0, 0.05) is 37.9 Å². The van der Waals surface area contributed by atoms with Crippen LogP contribution in [-0.2, 0) is 0 Å². The molecule has 0 spiro atoms. The van der Waals surface area contributed by atoms with Crippen LogP contribution < -0.4 is 4.90 Å². The SMILES string of the molecule is c1ccc(-c2ccc(N(c3ccc(-c4ccccc4)cc3)c3ccc4sc5nc6ccccc6cc5c4c3)cc2)cc1. The maximum Gasteiger partial charge on any atom is 0.125 e. The number of aromatic nitrogens is 1. The average Bonchev–Trinajstić information content (AvgIpc) is 3.42. The number of para-hydroxylation sites is 1. The Balaban J connectivity index is 1.27. The Morgan fingerprint density at radius 2 is 0.952 bits per heavy atom. The van der Waals surface area contributed by atoms with E-state index in [0.717, 1.165) is 27.4 Å². The summed E-state index contributed by atoms with van der Waals surface area (Å²) in [6.07, 6.45) is 0. The minimum atomic E-state index is 1.04. The lowest BCUT2D eigenvalue weighted by Gasteiger charge is -2.26. The van der Waals surface area contributed by atoms with Crippen molar-refractivity contribution in [2.45, 2.75) is 0 Å². The van der Waals surface area contributed by atoms with Crippen LogP contribution in [0.5, 0.6) is 0 Å². The highest BCUT2D eigenvalue weighted by Crippen LogP contribution is 2.41. The van der Waals surface area contributed by atoms with E-state index in [1.807, 2.05) is 0 Å². The second-order valence-electron chi connectivity index (χ2n) is 10.5. The van der Waals surface area contributed by atoms with Gasteiger partial charge < -0.3 is 4.90 Å². The quantitative estimate of drug-likeness (QED) is 0.210. The van der Waals surface area contributed by atoms with Crippen LogP contribution in [0.1, 0.15) is 0 Å². The van der Waals surface area contributed by atoms with Gasteiger partial charge in [0.25, 0.3) is 0 Å². The Morgan fingerprint density at radius 3 is 1.57 bits per heavy atom. The summed E-state index contributed by atoms with van der Waals surface area (Å²) in [5, 5.41) is 3.60. The van der Waals surface area contributed by atoms with E-state index in [9.17, 15) is 0 Å². The predicted octanol–water partition coefficient (Wildman–Crippen LogP) is 11.4. The van der Waals surface area contributed by atoms with Gasteiger partial charge in [0.05, 0.1) is 5.52 Å². The predicted molar refractivity (Wildman–Crippen MR) is 180 cm³/mol. The molecular formula is C39H26N2S. The molecule has 8 rings (SSSR count). The van der Waals surface area contributed by atoms with Crippen LogP contribution in [0, 0.1) is 0 Å². The van der Waals surface area contributed by atoms with E-state index in [2.05, 4.69) is 163 Å². The monoisotopic (exact) mass is 554 g/mol. The zero-order valence-corrected chi connectivity index (χ0v) is 23.6. The minimum Gasteiger partial charge on any atom is -0.310 e. The fourth-order valence-corrected chi connectivity index (χ4v) is 6.79. The molecule has 6 aromatic carbocycles. The van der Waals surface area contributed by atoms with Gasteiger partial charge in [-0.25, -0.2) is 4.98 Å². The second-order valence-corrected chi connectivity index (χ2v) is 11.5. The molecule has 3 heteroatoms. The molecule has 8 aromatic rings. The number of hydrogen-bond acceptors (Lipinski definition) is 3. The van der Waals surface area contributed by atoms with Gasteiger partial charge in [-0.15, -0.1) is 11.3 Å². The maximum atomic E-state index is 4.99. The Kier molecular flexibility index (Phi) is 6.02. The Hall–Kier alpha value is -5.25. The maximum absolute atomic E-state index is 4.99. The van der Waals surface area contributed by atoms with E-state index in [1.165, 1.54) is 43.1 Å². The molecule has 0 fully saturated rings. The summed E-state index contributed by atoms with van der Waals surface area (Å²) in [5.41, 5.74) is 9.23. The molecule has 0 aliphatic heterocycles. The lowest BCUT2D eigenvalue weighted by atomic mass is 10.0. The van der Waals surface area contributed by atoms with E-state index < -0.39 is 0 Å². The van der Waals surface area contributed by atoms with E-state index in [1.54, 1.807) is 11.3 Å². The van der Waals surface area contributed by atoms with Gasteiger partial charge in [-0.1, -0.05) is 103 Å². The number of anilines is 3. The van der Waals surface area contributed by atoms with Gasteiger partial charge in [-0.05, 0) is 76.9 Å². The largest absolute Gasteiger partial charge is 0.310 e. The van der Waals surface area contributed by atoms with Gasteiger partial charge >= 0.3 is 0 Å². The standard InChI is InChI=1S/C39H26N2S/c1-3-9-27(10-4-1)29-15-19-32(20-16-29)41(33-21-17-30(18-22-33)28-11-5-2-6-12-28)34-23-24-38-35(26-34)36-25-31-13-7-8-14-37(31)40-39(36)42-38/h1-26H. The van der Waals surface area contributed by atoms with E-state index >= 15 is 0 Å². The second kappa shape index (κ2) is 10.3. The van der Waals surface area contributed by atoms with Crippen molar-refractivity contribution in [3.63, 3.8) is 0 Å². The van der Waals surface area contributed by atoms with Crippen molar-refractivity contribution < 1.29 is 0 Å². The van der Waals surface area contributed by atoms with Gasteiger partial charge in [0.2, 0.25) is 0 Å². The van der Waals surface area contributed by atoms with Gasteiger partial charge in [-0.2, -0.15) is 0 Å². The first-order chi connectivity index (χ1) is 20.8. The summed E-state index contributed by atoms with van der Waals surface area (Å²) in [5.74, 6) is 0. The Bertz CT molecular complexity index is 2080. The fourth-order valence-electron chi connectivity index (χ4n) is 5.74. The molecule has 0 saturated heterocycles. The first kappa shape index (κ1) is 24.5. The number of nitrogens with zero attached hydrogens (tertiary/aromatic N) is 2. The lowest BCUT2D eigenvalue weighted by molar-refractivity contribution is 1.29. The smallest absolute Gasteiger partial charge is 0.125 e. The van der Waals surface area contributed by atoms with Gasteiger partial charge in [-0.3, -0.25) is 0 Å². The summed E-state index contributed by atoms with van der Waals surface area (Å²) in [6, 6.07) is 56.3. The van der Waals surface area contributed by atoms with Crippen molar-refractivity contribution in [1.29, 1.82) is 0 Å². The van der Waals surface area contributed by atoms with Crippen LogP contribution in [0.25, 0.3) is 53.5 Å². The lowest BCUT2D eigenvalue weighted by Crippen LogP contribution is -2.09. The van der Waals surface area contributed by atoms with E-state index in [4.69, 9.17) is 4.98 Å².